The highest BCUT2D eigenvalue weighted by Gasteiger charge is 2.05. The number of benzene rings is 1. The maximum Gasteiger partial charge on any atom is 0.412 e. The third kappa shape index (κ3) is 1.98. The van der Waals surface area contributed by atoms with Gasteiger partial charge in [-0.2, -0.15) is 0 Å². The second-order valence-corrected chi connectivity index (χ2v) is 3.43. The van der Waals surface area contributed by atoms with E-state index >= 15 is 0 Å². The number of carbonyl (C=O) groups is 1. The van der Waals surface area contributed by atoms with Gasteiger partial charge in [0.1, 0.15) is 5.75 Å². The summed E-state index contributed by atoms with van der Waals surface area (Å²) in [5, 5.41) is 2.56. The minimum absolute atomic E-state index is 0.446. The van der Waals surface area contributed by atoms with Gasteiger partial charge in [0.05, 0.1) is 17.4 Å². The monoisotopic (exact) mass is 219 g/mol. The normalized spacial score (nSPS) is 10.4. The summed E-state index contributed by atoms with van der Waals surface area (Å²) in [7, 11) is 1.92. The first-order chi connectivity index (χ1) is 7.70. The summed E-state index contributed by atoms with van der Waals surface area (Å²) in [5.74, 6) is 0.497. The summed E-state index contributed by atoms with van der Waals surface area (Å²) in [4.78, 5) is 15.4. The van der Waals surface area contributed by atoms with E-state index in [0.717, 1.165) is 11.0 Å². The van der Waals surface area contributed by atoms with Gasteiger partial charge in [-0.25, -0.2) is 9.78 Å². The summed E-state index contributed by atoms with van der Waals surface area (Å²) in [6, 6.07) is 5.36. The first-order valence-corrected chi connectivity index (χ1v) is 5.07. The molecule has 5 heteroatoms. The van der Waals surface area contributed by atoms with Crippen molar-refractivity contribution in [1.82, 2.24) is 14.9 Å². The average Bonchev–Trinajstić information content (AvgIpc) is 2.60. The Morgan fingerprint density at radius 3 is 3.12 bits per heavy atom. The van der Waals surface area contributed by atoms with E-state index in [2.05, 4.69) is 10.3 Å². The zero-order chi connectivity index (χ0) is 11.5. The number of fused-ring (bicyclic) bond motifs is 1. The third-order valence-electron chi connectivity index (χ3n) is 2.23. The highest BCUT2D eigenvalue weighted by molar-refractivity contribution is 5.78. The average molecular weight is 219 g/mol. The van der Waals surface area contributed by atoms with Crippen molar-refractivity contribution in [2.45, 2.75) is 6.92 Å². The Kier molecular flexibility index (Phi) is 2.76. The number of rotatable bonds is 2. The first kappa shape index (κ1) is 10.5. The zero-order valence-electron chi connectivity index (χ0n) is 9.23. The number of amides is 1. The van der Waals surface area contributed by atoms with Crippen LogP contribution < -0.4 is 10.1 Å². The van der Waals surface area contributed by atoms with E-state index in [4.69, 9.17) is 4.74 Å². The lowest BCUT2D eigenvalue weighted by Crippen LogP contribution is -2.26. The molecule has 0 spiro atoms. The summed E-state index contributed by atoms with van der Waals surface area (Å²) in [5.41, 5.74) is 1.81. The molecule has 0 radical (unpaired) electrons. The van der Waals surface area contributed by atoms with E-state index in [0.29, 0.717) is 12.3 Å². The molecule has 0 saturated carbocycles. The molecule has 5 nitrogen and oxygen atoms in total. The van der Waals surface area contributed by atoms with Gasteiger partial charge in [-0.3, -0.25) is 0 Å². The van der Waals surface area contributed by atoms with Gasteiger partial charge in [-0.15, -0.1) is 0 Å². The Hall–Kier alpha value is -2.04. The zero-order valence-corrected chi connectivity index (χ0v) is 9.23. The number of hydrogen-bond acceptors (Lipinski definition) is 3. The molecule has 0 atom stereocenters. The number of aromatic nitrogens is 2. The number of carbonyl (C=O) groups excluding carboxylic acids is 1. The topological polar surface area (TPSA) is 56.1 Å². The number of nitrogens with one attached hydrogen (secondary N) is 1. The van der Waals surface area contributed by atoms with Gasteiger partial charge in [0.25, 0.3) is 0 Å². The molecule has 1 heterocycles. The number of aryl methyl sites for hydroxylation is 1. The molecule has 1 N–H and O–H groups in total. The molecule has 0 aliphatic rings. The van der Waals surface area contributed by atoms with Crippen molar-refractivity contribution in [2.24, 2.45) is 7.05 Å². The minimum atomic E-state index is -0.446. The predicted molar refractivity (Wildman–Crippen MR) is 60.4 cm³/mol. The van der Waals surface area contributed by atoms with E-state index < -0.39 is 6.09 Å². The van der Waals surface area contributed by atoms with E-state index in [1.807, 2.05) is 24.6 Å². The standard InChI is InChI=1S/C11H13N3O2/c1-3-12-11(15)16-8-4-5-10-9(6-8)13-7-14(10)2/h4-7H,3H2,1-2H3,(H,12,15). The minimum Gasteiger partial charge on any atom is -0.410 e. The van der Waals surface area contributed by atoms with Gasteiger partial charge in [-0.05, 0) is 19.1 Å². The molecule has 0 aliphatic carbocycles. The molecule has 2 aromatic rings. The van der Waals surface area contributed by atoms with Crippen LogP contribution in [0.15, 0.2) is 24.5 Å². The second-order valence-electron chi connectivity index (χ2n) is 3.43. The quantitative estimate of drug-likeness (QED) is 0.836. The number of ether oxygens (including phenoxy) is 1. The molecule has 0 fully saturated rings. The van der Waals surface area contributed by atoms with Crippen molar-refractivity contribution in [1.29, 1.82) is 0 Å². The van der Waals surface area contributed by atoms with Gasteiger partial charge in [0.2, 0.25) is 0 Å². The van der Waals surface area contributed by atoms with E-state index in [1.54, 1.807) is 18.5 Å². The molecule has 0 unspecified atom stereocenters. The molecule has 2 rings (SSSR count). The molecular formula is C11H13N3O2. The Balaban J connectivity index is 2.23. The molecule has 16 heavy (non-hydrogen) atoms. The summed E-state index contributed by atoms with van der Waals surface area (Å²) < 4.78 is 6.98. The molecule has 1 amide bonds. The lowest BCUT2D eigenvalue weighted by molar-refractivity contribution is 0.201. The van der Waals surface area contributed by atoms with Gasteiger partial charge in [-0.1, -0.05) is 0 Å². The van der Waals surface area contributed by atoms with Crippen LogP contribution in [0.4, 0.5) is 4.79 Å². The lowest BCUT2D eigenvalue weighted by atomic mass is 10.3. The van der Waals surface area contributed by atoms with Crippen molar-refractivity contribution in [3.05, 3.63) is 24.5 Å². The molecule has 0 bridgehead atoms. The van der Waals surface area contributed by atoms with Gasteiger partial charge >= 0.3 is 6.09 Å². The van der Waals surface area contributed by atoms with E-state index in [-0.39, 0.29) is 0 Å². The smallest absolute Gasteiger partial charge is 0.410 e. The summed E-state index contributed by atoms with van der Waals surface area (Å²) in [6.07, 6.45) is 1.28. The first-order valence-electron chi connectivity index (χ1n) is 5.07. The van der Waals surface area contributed by atoms with E-state index in [1.165, 1.54) is 0 Å². The number of imidazole rings is 1. The molecular weight excluding hydrogens is 206 g/mol. The summed E-state index contributed by atoms with van der Waals surface area (Å²) in [6.45, 7) is 2.38. The van der Waals surface area contributed by atoms with Crippen molar-refractivity contribution >= 4 is 17.1 Å². The van der Waals surface area contributed by atoms with Gasteiger partial charge in [0, 0.05) is 19.7 Å². The van der Waals surface area contributed by atoms with Crippen LogP contribution in [0.3, 0.4) is 0 Å². The van der Waals surface area contributed by atoms with Crippen LogP contribution in [0, 0.1) is 0 Å². The fraction of sp³-hybridized carbons (Fsp3) is 0.273. The van der Waals surface area contributed by atoms with Crippen LogP contribution in [0.1, 0.15) is 6.92 Å². The van der Waals surface area contributed by atoms with Crippen molar-refractivity contribution in [2.75, 3.05) is 6.54 Å². The van der Waals surface area contributed by atoms with Crippen molar-refractivity contribution in [3.63, 3.8) is 0 Å². The summed E-state index contributed by atoms with van der Waals surface area (Å²) >= 11 is 0. The van der Waals surface area contributed by atoms with E-state index in [9.17, 15) is 4.79 Å². The van der Waals surface area contributed by atoms with Crippen molar-refractivity contribution in [3.8, 4) is 5.75 Å². The SMILES string of the molecule is CCNC(=O)Oc1ccc2c(c1)ncn2C. The maximum atomic E-state index is 11.2. The second kappa shape index (κ2) is 4.22. The lowest BCUT2D eigenvalue weighted by Gasteiger charge is -2.04. The molecule has 84 valence electrons. The fourth-order valence-electron chi connectivity index (χ4n) is 1.47. The van der Waals surface area contributed by atoms with Crippen molar-refractivity contribution < 1.29 is 9.53 Å². The molecule has 1 aromatic heterocycles. The van der Waals surface area contributed by atoms with Crippen LogP contribution in [0.5, 0.6) is 5.75 Å². The number of nitrogens with zero attached hydrogens (tertiary/aromatic N) is 2. The van der Waals surface area contributed by atoms with Crippen LogP contribution in [0.2, 0.25) is 0 Å². The van der Waals surface area contributed by atoms with Crippen LogP contribution in [-0.2, 0) is 7.05 Å². The molecule has 0 saturated heterocycles. The highest BCUT2D eigenvalue weighted by Crippen LogP contribution is 2.19. The predicted octanol–water partition coefficient (Wildman–Crippen LogP) is 1.68. The molecule has 1 aromatic carbocycles. The fourth-order valence-corrected chi connectivity index (χ4v) is 1.47. The largest absolute Gasteiger partial charge is 0.412 e. The Morgan fingerprint density at radius 2 is 2.38 bits per heavy atom. The maximum absolute atomic E-state index is 11.2. The van der Waals surface area contributed by atoms with Crippen LogP contribution in [-0.4, -0.2) is 22.2 Å². The Morgan fingerprint density at radius 1 is 1.56 bits per heavy atom. The Bertz CT molecular complexity index is 519. The Labute approximate surface area is 93.0 Å². The molecule has 0 aliphatic heterocycles. The van der Waals surface area contributed by atoms with Gasteiger partial charge < -0.3 is 14.6 Å². The highest BCUT2D eigenvalue weighted by atomic mass is 16.5. The third-order valence-corrected chi connectivity index (χ3v) is 2.23. The van der Waals surface area contributed by atoms with Crippen LogP contribution in [0.25, 0.3) is 11.0 Å². The van der Waals surface area contributed by atoms with Crippen LogP contribution >= 0.6 is 0 Å². The number of hydrogen-bond donors (Lipinski definition) is 1. The van der Waals surface area contributed by atoms with Gasteiger partial charge in [0.15, 0.2) is 0 Å².